The summed E-state index contributed by atoms with van der Waals surface area (Å²) in [5, 5.41) is 3.49. The molecular formula is C20H26N4O3S. The number of H-pyrrole nitrogens is 1. The number of fused-ring (bicyclic) bond motifs is 1. The third-order valence-corrected chi connectivity index (χ3v) is 5.41. The minimum Gasteiger partial charge on any atom is -0.354 e. The van der Waals surface area contributed by atoms with Gasteiger partial charge in [0.25, 0.3) is 5.56 Å². The van der Waals surface area contributed by atoms with E-state index < -0.39 is 0 Å². The number of hydrogen-bond acceptors (Lipinski definition) is 4. The number of aromatic nitrogens is 2. The minimum atomic E-state index is -0.184. The number of rotatable bonds is 5. The Balaban J connectivity index is 1.60. The van der Waals surface area contributed by atoms with E-state index >= 15 is 0 Å². The predicted molar refractivity (Wildman–Crippen MR) is 111 cm³/mol. The molecule has 0 aliphatic carbocycles. The van der Waals surface area contributed by atoms with Crippen molar-refractivity contribution in [3.8, 4) is 0 Å². The molecule has 1 aromatic heterocycles. The second-order valence-electron chi connectivity index (χ2n) is 7.50. The van der Waals surface area contributed by atoms with Gasteiger partial charge in [0.05, 0.1) is 10.9 Å². The first-order chi connectivity index (χ1) is 13.4. The number of hydrogen-bond donors (Lipinski definition) is 2. The van der Waals surface area contributed by atoms with E-state index in [1.165, 1.54) is 4.57 Å². The molecule has 1 fully saturated rings. The van der Waals surface area contributed by atoms with Gasteiger partial charge in [-0.15, -0.1) is 0 Å². The molecule has 1 aliphatic rings. The van der Waals surface area contributed by atoms with Crippen LogP contribution in [0.1, 0.15) is 33.1 Å². The van der Waals surface area contributed by atoms with Gasteiger partial charge in [0.1, 0.15) is 0 Å². The highest BCUT2D eigenvalue weighted by Crippen LogP contribution is 2.18. The van der Waals surface area contributed by atoms with Gasteiger partial charge in [0, 0.05) is 38.0 Å². The van der Waals surface area contributed by atoms with E-state index in [-0.39, 0.29) is 42.3 Å². The molecule has 2 aromatic rings. The Morgan fingerprint density at radius 3 is 2.61 bits per heavy atom. The molecule has 7 nitrogen and oxygen atoms in total. The molecule has 3 rings (SSSR count). The van der Waals surface area contributed by atoms with Crippen LogP contribution in [-0.2, 0) is 16.1 Å². The number of likely N-dealkylation sites (tertiary alicyclic amines) is 1. The summed E-state index contributed by atoms with van der Waals surface area (Å²) in [7, 11) is 0. The van der Waals surface area contributed by atoms with E-state index in [4.69, 9.17) is 12.2 Å². The standard InChI is InChI=1S/C20H26N4O3S/c1-13(2)21-18(26)14-7-10-23(11-8-14)17(25)9-12-24-19(27)15-5-3-4-6-16(15)22-20(24)28/h3-6,13-14H,7-12H2,1-2H3,(H,21,26)(H,22,28). The summed E-state index contributed by atoms with van der Waals surface area (Å²) < 4.78 is 1.76. The van der Waals surface area contributed by atoms with Crippen LogP contribution in [0.5, 0.6) is 0 Å². The zero-order valence-electron chi connectivity index (χ0n) is 16.2. The van der Waals surface area contributed by atoms with E-state index in [0.29, 0.717) is 41.6 Å². The quantitative estimate of drug-likeness (QED) is 0.751. The molecular weight excluding hydrogens is 376 g/mol. The molecule has 1 saturated heterocycles. The lowest BCUT2D eigenvalue weighted by Gasteiger charge is -2.31. The second kappa shape index (κ2) is 8.68. The number of amides is 2. The summed E-state index contributed by atoms with van der Waals surface area (Å²) in [6.07, 6.45) is 1.54. The van der Waals surface area contributed by atoms with Gasteiger partial charge in [-0.05, 0) is 51.0 Å². The summed E-state index contributed by atoms with van der Waals surface area (Å²) in [5.41, 5.74) is 0.512. The van der Waals surface area contributed by atoms with Crippen molar-refractivity contribution in [1.82, 2.24) is 19.8 Å². The van der Waals surface area contributed by atoms with Gasteiger partial charge in [-0.2, -0.15) is 0 Å². The summed E-state index contributed by atoms with van der Waals surface area (Å²) in [6.45, 7) is 5.25. The molecule has 8 heteroatoms. The van der Waals surface area contributed by atoms with Crippen molar-refractivity contribution in [3.05, 3.63) is 39.4 Å². The van der Waals surface area contributed by atoms with Crippen LogP contribution in [-0.4, -0.2) is 45.4 Å². The molecule has 150 valence electrons. The Hall–Kier alpha value is -2.48. The molecule has 1 aliphatic heterocycles. The van der Waals surface area contributed by atoms with Crippen LogP contribution in [0.3, 0.4) is 0 Å². The van der Waals surface area contributed by atoms with Crippen molar-refractivity contribution in [2.24, 2.45) is 5.92 Å². The number of nitrogens with zero attached hydrogens (tertiary/aromatic N) is 2. The molecule has 0 saturated carbocycles. The lowest BCUT2D eigenvalue weighted by molar-refractivity contribution is -0.136. The lowest BCUT2D eigenvalue weighted by atomic mass is 9.95. The van der Waals surface area contributed by atoms with Gasteiger partial charge in [-0.3, -0.25) is 19.0 Å². The highest BCUT2D eigenvalue weighted by molar-refractivity contribution is 7.71. The first-order valence-corrected chi connectivity index (χ1v) is 10.1. The maximum absolute atomic E-state index is 12.7. The number of carbonyl (C=O) groups is 2. The largest absolute Gasteiger partial charge is 0.354 e. The average Bonchev–Trinajstić information content (AvgIpc) is 2.67. The van der Waals surface area contributed by atoms with E-state index in [1.54, 1.807) is 17.0 Å². The first-order valence-electron chi connectivity index (χ1n) is 9.67. The van der Waals surface area contributed by atoms with Crippen molar-refractivity contribution >= 4 is 34.9 Å². The maximum Gasteiger partial charge on any atom is 0.262 e. The SMILES string of the molecule is CC(C)NC(=O)C1CCN(C(=O)CCn2c(=S)[nH]c3ccccc3c2=O)CC1. The van der Waals surface area contributed by atoms with Crippen molar-refractivity contribution in [3.63, 3.8) is 0 Å². The highest BCUT2D eigenvalue weighted by atomic mass is 32.1. The molecule has 2 heterocycles. The van der Waals surface area contributed by atoms with Gasteiger partial charge < -0.3 is 15.2 Å². The molecule has 1 aromatic carbocycles. The first kappa shape index (κ1) is 20.3. The lowest BCUT2D eigenvalue weighted by Crippen LogP contribution is -2.44. The number of para-hydroxylation sites is 1. The molecule has 0 radical (unpaired) electrons. The van der Waals surface area contributed by atoms with Crippen LogP contribution in [0.2, 0.25) is 0 Å². The van der Waals surface area contributed by atoms with Gasteiger partial charge in [-0.25, -0.2) is 0 Å². The van der Waals surface area contributed by atoms with Crippen LogP contribution in [0.15, 0.2) is 29.1 Å². The van der Waals surface area contributed by atoms with Gasteiger partial charge in [-0.1, -0.05) is 12.1 Å². The Labute approximate surface area is 168 Å². The number of nitrogens with one attached hydrogen (secondary N) is 2. The van der Waals surface area contributed by atoms with E-state index in [0.717, 1.165) is 0 Å². The van der Waals surface area contributed by atoms with Crippen LogP contribution in [0.4, 0.5) is 0 Å². The Bertz CT molecular complexity index is 987. The number of aromatic amines is 1. The molecule has 2 amide bonds. The Morgan fingerprint density at radius 1 is 1.25 bits per heavy atom. The smallest absolute Gasteiger partial charge is 0.262 e. The number of carbonyl (C=O) groups excluding carboxylic acids is 2. The molecule has 0 unspecified atom stereocenters. The van der Waals surface area contributed by atoms with Crippen LogP contribution < -0.4 is 10.9 Å². The predicted octanol–water partition coefficient (Wildman–Crippen LogP) is 2.21. The zero-order chi connectivity index (χ0) is 20.3. The van der Waals surface area contributed by atoms with E-state index in [1.807, 2.05) is 26.0 Å². The molecule has 0 spiro atoms. The van der Waals surface area contributed by atoms with Crippen LogP contribution >= 0.6 is 12.2 Å². The fraction of sp³-hybridized carbons (Fsp3) is 0.500. The summed E-state index contributed by atoms with van der Waals surface area (Å²) >= 11 is 5.29. The number of benzene rings is 1. The highest BCUT2D eigenvalue weighted by Gasteiger charge is 2.27. The summed E-state index contributed by atoms with van der Waals surface area (Å²) in [5.74, 6) is 0.0108. The fourth-order valence-electron chi connectivity index (χ4n) is 3.56. The Kier molecular flexibility index (Phi) is 6.28. The number of piperidine rings is 1. The normalized spacial score (nSPS) is 15.2. The van der Waals surface area contributed by atoms with E-state index in [9.17, 15) is 14.4 Å². The maximum atomic E-state index is 12.7. The summed E-state index contributed by atoms with van der Waals surface area (Å²) in [4.78, 5) is 42.2. The monoisotopic (exact) mass is 402 g/mol. The Morgan fingerprint density at radius 2 is 1.93 bits per heavy atom. The van der Waals surface area contributed by atoms with Gasteiger partial charge >= 0.3 is 0 Å². The van der Waals surface area contributed by atoms with Gasteiger partial charge in [0.2, 0.25) is 11.8 Å². The zero-order valence-corrected chi connectivity index (χ0v) is 17.1. The minimum absolute atomic E-state index is 0.0165. The third kappa shape index (κ3) is 4.49. The van der Waals surface area contributed by atoms with E-state index in [2.05, 4.69) is 10.3 Å². The molecule has 2 N–H and O–H groups in total. The van der Waals surface area contributed by atoms with Crippen LogP contribution in [0, 0.1) is 10.7 Å². The van der Waals surface area contributed by atoms with Gasteiger partial charge in [0.15, 0.2) is 4.77 Å². The molecule has 0 atom stereocenters. The van der Waals surface area contributed by atoms with Crippen molar-refractivity contribution in [1.29, 1.82) is 0 Å². The molecule has 0 bridgehead atoms. The average molecular weight is 403 g/mol. The van der Waals surface area contributed by atoms with Crippen molar-refractivity contribution in [2.45, 2.75) is 45.7 Å². The topological polar surface area (TPSA) is 87.2 Å². The second-order valence-corrected chi connectivity index (χ2v) is 7.89. The fourth-order valence-corrected chi connectivity index (χ4v) is 3.85. The third-order valence-electron chi connectivity index (χ3n) is 5.09. The van der Waals surface area contributed by atoms with Crippen molar-refractivity contribution < 1.29 is 9.59 Å². The summed E-state index contributed by atoms with van der Waals surface area (Å²) in [6, 6.07) is 7.31. The van der Waals surface area contributed by atoms with Crippen LogP contribution in [0.25, 0.3) is 10.9 Å². The molecule has 28 heavy (non-hydrogen) atoms. The van der Waals surface area contributed by atoms with Crippen molar-refractivity contribution in [2.75, 3.05) is 13.1 Å².